The molecule has 162 valence electrons. The Balaban J connectivity index is 1.21. The number of rotatable bonds is 4. The first-order valence-electron chi connectivity index (χ1n) is 10.0. The average Bonchev–Trinajstić information content (AvgIpc) is 3.54. The van der Waals surface area contributed by atoms with E-state index in [1.807, 2.05) is 18.2 Å². The van der Waals surface area contributed by atoms with E-state index in [4.69, 9.17) is 19.7 Å². The van der Waals surface area contributed by atoms with Gasteiger partial charge in [-0.3, -0.25) is 4.79 Å². The van der Waals surface area contributed by atoms with Gasteiger partial charge in [-0.05, 0) is 30.7 Å². The van der Waals surface area contributed by atoms with Crippen molar-refractivity contribution in [3.63, 3.8) is 0 Å². The number of likely N-dealkylation sites (tertiary alicyclic amines) is 1. The molecule has 0 spiro atoms. The van der Waals surface area contributed by atoms with Gasteiger partial charge in [0.2, 0.25) is 0 Å². The lowest BCUT2D eigenvalue weighted by molar-refractivity contribution is -0.123. The summed E-state index contributed by atoms with van der Waals surface area (Å²) in [6, 6.07) is 9.04. The first kappa shape index (κ1) is 19.0. The summed E-state index contributed by atoms with van der Waals surface area (Å²) in [5, 5.41) is 2.75. The number of ether oxygens (including phenoxy) is 1. The number of primary amides is 1. The van der Waals surface area contributed by atoms with Crippen molar-refractivity contribution in [3.8, 4) is 10.9 Å². The van der Waals surface area contributed by atoms with Gasteiger partial charge >= 0.3 is 6.09 Å². The molecule has 6 rings (SSSR count). The van der Waals surface area contributed by atoms with Gasteiger partial charge in [-0.2, -0.15) is 4.98 Å². The molecule has 2 aliphatic rings. The largest absolute Gasteiger partial charge is 0.463 e. The first-order chi connectivity index (χ1) is 15.5. The number of nitrogens with zero attached hydrogens (tertiary/aromatic N) is 4. The van der Waals surface area contributed by atoms with Crippen molar-refractivity contribution in [2.24, 2.45) is 5.73 Å². The van der Waals surface area contributed by atoms with Crippen LogP contribution in [-0.4, -0.2) is 57.1 Å². The highest BCUT2D eigenvalue weighted by molar-refractivity contribution is 7.20. The number of hydrogen-bond acceptors (Lipinski definition) is 9. The summed E-state index contributed by atoms with van der Waals surface area (Å²) in [7, 11) is 0. The van der Waals surface area contributed by atoms with E-state index in [2.05, 4.69) is 9.97 Å². The number of hydroxylamine groups is 2. The minimum Gasteiger partial charge on any atom is -0.463 e. The lowest BCUT2D eigenvalue weighted by atomic mass is 10.1. The number of pyridine rings is 1. The molecule has 11 heteroatoms. The van der Waals surface area contributed by atoms with E-state index >= 15 is 0 Å². The van der Waals surface area contributed by atoms with Crippen molar-refractivity contribution in [1.82, 2.24) is 19.9 Å². The molecule has 2 bridgehead atoms. The highest BCUT2D eigenvalue weighted by Gasteiger charge is 2.47. The summed E-state index contributed by atoms with van der Waals surface area (Å²) in [5.74, 6) is 0.449. The highest BCUT2D eigenvalue weighted by atomic mass is 32.1. The van der Waals surface area contributed by atoms with Crippen LogP contribution in [0.3, 0.4) is 0 Å². The number of hydrogen-bond donors (Lipinski definition) is 1. The molecule has 1 aromatic carbocycles. The van der Waals surface area contributed by atoms with Crippen LogP contribution >= 0.6 is 11.3 Å². The zero-order chi connectivity index (χ0) is 21.8. The molecule has 2 aliphatic heterocycles. The fourth-order valence-corrected chi connectivity index (χ4v) is 5.19. The predicted octanol–water partition coefficient (Wildman–Crippen LogP) is 3.14. The SMILES string of the molecule is NC(=O)ON1C[C@@H]2C[C@H]1CN2C(=O)c1coc2cc(Oc3nc4ncccc4s3)ccc12. The van der Waals surface area contributed by atoms with Crippen LogP contribution in [0.4, 0.5) is 4.79 Å². The fourth-order valence-electron chi connectivity index (χ4n) is 4.39. The van der Waals surface area contributed by atoms with Crippen LogP contribution in [0.25, 0.3) is 21.3 Å². The van der Waals surface area contributed by atoms with Gasteiger partial charge in [-0.15, -0.1) is 5.06 Å². The van der Waals surface area contributed by atoms with Gasteiger partial charge in [0.25, 0.3) is 11.1 Å². The molecule has 2 saturated heterocycles. The maximum atomic E-state index is 13.2. The van der Waals surface area contributed by atoms with Crippen molar-refractivity contribution in [3.05, 3.63) is 48.4 Å². The summed E-state index contributed by atoms with van der Waals surface area (Å²) in [4.78, 5) is 39.6. The van der Waals surface area contributed by atoms with Crippen LogP contribution in [0.2, 0.25) is 0 Å². The maximum absolute atomic E-state index is 13.2. The van der Waals surface area contributed by atoms with Crippen LogP contribution in [0.15, 0.2) is 47.2 Å². The molecule has 32 heavy (non-hydrogen) atoms. The topological polar surface area (TPSA) is 124 Å². The Morgan fingerprint density at radius 3 is 2.91 bits per heavy atom. The van der Waals surface area contributed by atoms with E-state index in [1.165, 1.54) is 17.6 Å². The molecule has 10 nitrogen and oxygen atoms in total. The van der Waals surface area contributed by atoms with Gasteiger partial charge in [0.1, 0.15) is 17.6 Å². The summed E-state index contributed by atoms with van der Waals surface area (Å²) >= 11 is 1.40. The second kappa shape index (κ2) is 7.18. The number of thiazole rings is 1. The molecule has 4 aromatic rings. The van der Waals surface area contributed by atoms with Gasteiger partial charge in [0.05, 0.1) is 22.8 Å². The molecule has 0 radical (unpaired) electrons. The number of benzene rings is 1. The molecule has 2 amide bonds. The zero-order valence-electron chi connectivity index (χ0n) is 16.6. The Morgan fingerprint density at radius 1 is 1.22 bits per heavy atom. The van der Waals surface area contributed by atoms with Gasteiger partial charge < -0.3 is 24.6 Å². The van der Waals surface area contributed by atoms with Crippen molar-refractivity contribution >= 4 is 44.7 Å². The van der Waals surface area contributed by atoms with Crippen LogP contribution in [-0.2, 0) is 4.84 Å². The van der Waals surface area contributed by atoms with Crippen LogP contribution in [0.1, 0.15) is 16.8 Å². The third-order valence-electron chi connectivity index (χ3n) is 5.79. The highest BCUT2D eigenvalue weighted by Crippen LogP contribution is 2.35. The van der Waals surface area contributed by atoms with Crippen LogP contribution < -0.4 is 10.5 Å². The van der Waals surface area contributed by atoms with E-state index in [9.17, 15) is 9.59 Å². The Kier molecular flexibility index (Phi) is 4.26. The van der Waals surface area contributed by atoms with Crippen molar-refractivity contribution in [1.29, 1.82) is 0 Å². The summed E-state index contributed by atoms with van der Waals surface area (Å²) in [5.41, 5.74) is 6.78. The van der Waals surface area contributed by atoms with Gasteiger partial charge in [-0.1, -0.05) is 11.3 Å². The number of aromatic nitrogens is 2. The first-order valence-corrected chi connectivity index (χ1v) is 10.8. The number of carbonyl (C=O) groups is 2. The average molecular weight is 451 g/mol. The van der Waals surface area contributed by atoms with E-state index in [1.54, 1.807) is 28.3 Å². The Bertz CT molecular complexity index is 1330. The van der Waals surface area contributed by atoms with E-state index in [0.717, 1.165) is 11.1 Å². The van der Waals surface area contributed by atoms with Crippen molar-refractivity contribution < 1.29 is 23.6 Å². The van der Waals surface area contributed by atoms with Crippen LogP contribution in [0, 0.1) is 0 Å². The standard InChI is InChI=1S/C21H17N5O5S/c22-20(28)31-26-9-11-6-12(26)8-25(11)19(27)15-10-29-16-7-13(3-4-14(15)16)30-21-24-18-17(32-21)2-1-5-23-18/h1-5,7,10-12H,6,8-9H2,(H2,22,28)/t11-,12-/m0/s1. The molecule has 2 fully saturated rings. The summed E-state index contributed by atoms with van der Waals surface area (Å²) in [6.07, 6.45) is 3.07. The maximum Gasteiger partial charge on any atom is 0.423 e. The number of nitrogens with two attached hydrogens (primary N) is 1. The van der Waals surface area contributed by atoms with Gasteiger partial charge in [0, 0.05) is 30.2 Å². The fraction of sp³-hybridized carbons (Fsp3) is 0.238. The zero-order valence-corrected chi connectivity index (χ0v) is 17.4. The molecule has 2 atom stereocenters. The predicted molar refractivity (Wildman–Crippen MR) is 114 cm³/mol. The quantitative estimate of drug-likeness (QED) is 0.502. The second-order valence-electron chi connectivity index (χ2n) is 7.73. The van der Waals surface area contributed by atoms with E-state index < -0.39 is 6.09 Å². The normalized spacial score (nSPS) is 20.3. The number of piperazine rings is 1. The van der Waals surface area contributed by atoms with E-state index in [0.29, 0.717) is 46.2 Å². The van der Waals surface area contributed by atoms with Gasteiger partial charge in [0.15, 0.2) is 5.65 Å². The number of furan rings is 1. The summed E-state index contributed by atoms with van der Waals surface area (Å²) < 4.78 is 12.5. The Hall–Kier alpha value is -3.70. The molecule has 0 unspecified atom stereocenters. The lowest BCUT2D eigenvalue weighted by Gasteiger charge is -2.32. The number of amides is 2. The molecule has 3 aromatic heterocycles. The molecule has 0 saturated carbocycles. The molecule has 5 heterocycles. The van der Waals surface area contributed by atoms with Crippen molar-refractivity contribution in [2.75, 3.05) is 13.1 Å². The molecule has 2 N–H and O–H groups in total. The van der Waals surface area contributed by atoms with Crippen LogP contribution in [0.5, 0.6) is 10.9 Å². The lowest BCUT2D eigenvalue weighted by Crippen LogP contribution is -2.49. The second-order valence-corrected chi connectivity index (χ2v) is 8.72. The molecular formula is C21H17N5O5S. The molecule has 0 aliphatic carbocycles. The molecular weight excluding hydrogens is 434 g/mol. The third-order valence-corrected chi connectivity index (χ3v) is 6.67. The Morgan fingerprint density at radius 2 is 2.12 bits per heavy atom. The monoisotopic (exact) mass is 451 g/mol. The minimum atomic E-state index is -0.837. The van der Waals surface area contributed by atoms with Gasteiger partial charge in [-0.25, -0.2) is 9.78 Å². The van der Waals surface area contributed by atoms with Crippen molar-refractivity contribution in [2.45, 2.75) is 18.5 Å². The minimum absolute atomic E-state index is 0.0351. The number of fused-ring (bicyclic) bond motifs is 4. The Labute approximate surface area is 185 Å². The third kappa shape index (κ3) is 3.13. The smallest absolute Gasteiger partial charge is 0.423 e. The number of carbonyl (C=O) groups excluding carboxylic acids is 2. The van der Waals surface area contributed by atoms with E-state index in [-0.39, 0.29) is 18.0 Å². The summed E-state index contributed by atoms with van der Waals surface area (Å²) in [6.45, 7) is 0.917.